The fourth-order valence-corrected chi connectivity index (χ4v) is 5.07. The molecule has 1 unspecified atom stereocenters. The average Bonchev–Trinajstić information content (AvgIpc) is 3.39. The van der Waals surface area contributed by atoms with E-state index in [9.17, 15) is 9.90 Å². The molecule has 0 bridgehead atoms. The Labute approximate surface area is 201 Å². The van der Waals surface area contributed by atoms with Crippen molar-refractivity contribution in [1.82, 2.24) is 0 Å². The van der Waals surface area contributed by atoms with E-state index in [0.717, 1.165) is 0 Å². The first-order valence-electron chi connectivity index (χ1n) is 10.3. The molecule has 2 aliphatic rings. The molecule has 33 heavy (non-hydrogen) atoms. The van der Waals surface area contributed by atoms with Crippen LogP contribution in [0.4, 0.5) is 21.9 Å². The number of nitrogens with zero attached hydrogens (tertiary/aromatic N) is 3. The van der Waals surface area contributed by atoms with Gasteiger partial charge in [-0.1, -0.05) is 41.4 Å². The third-order valence-electron chi connectivity index (χ3n) is 6.33. The molecule has 5 rings (SSSR count). The monoisotopic (exact) mass is 479 g/mol. The molecular weight excluding hydrogens is 461 g/mol. The summed E-state index contributed by atoms with van der Waals surface area (Å²) >= 11 is 12.2. The normalized spacial score (nSPS) is 24.5. The van der Waals surface area contributed by atoms with Gasteiger partial charge < -0.3 is 9.84 Å². The molecule has 2 aliphatic heterocycles. The van der Waals surface area contributed by atoms with Crippen molar-refractivity contribution in [2.45, 2.75) is 17.7 Å². The van der Waals surface area contributed by atoms with Gasteiger partial charge in [0.1, 0.15) is 5.54 Å². The van der Waals surface area contributed by atoms with Gasteiger partial charge in [-0.05, 0) is 60.2 Å². The Hall–Kier alpha value is -3.08. The Balaban J connectivity index is 1.80. The second-order valence-corrected chi connectivity index (χ2v) is 8.95. The van der Waals surface area contributed by atoms with E-state index in [4.69, 9.17) is 34.5 Å². The fraction of sp³-hybridized carbons (Fsp3) is 0.200. The van der Waals surface area contributed by atoms with E-state index in [-0.39, 0.29) is 6.61 Å². The maximum atomic E-state index is 14.1. The van der Waals surface area contributed by atoms with Crippen LogP contribution in [-0.2, 0) is 10.5 Å². The number of halogens is 2. The van der Waals surface area contributed by atoms with Gasteiger partial charge in [0, 0.05) is 34.4 Å². The van der Waals surface area contributed by atoms with Crippen molar-refractivity contribution in [1.29, 1.82) is 0 Å². The number of carbonyl (C=O) groups is 1. The van der Waals surface area contributed by atoms with E-state index < -0.39 is 17.3 Å². The molecule has 2 amide bonds. The van der Waals surface area contributed by atoms with Crippen molar-refractivity contribution in [3.05, 3.63) is 99.8 Å². The molecule has 1 N–H and O–H groups in total. The zero-order valence-electron chi connectivity index (χ0n) is 17.4. The lowest BCUT2D eigenvalue weighted by molar-refractivity contribution is -0.0211. The van der Waals surface area contributed by atoms with Crippen LogP contribution in [0.15, 0.2) is 72.8 Å². The number of hydrogen-bond acceptors (Lipinski definition) is 3. The highest BCUT2D eigenvalue weighted by Crippen LogP contribution is 2.54. The van der Waals surface area contributed by atoms with Crippen LogP contribution >= 0.6 is 23.2 Å². The number of carbonyl (C=O) groups excluding carboxylic acids is 1. The molecule has 2 fully saturated rings. The summed E-state index contributed by atoms with van der Waals surface area (Å²) in [6, 6.07) is 19.9. The second kappa shape index (κ2) is 8.05. The zero-order chi connectivity index (χ0) is 23.2. The lowest BCUT2D eigenvalue weighted by atomic mass is 9.79. The number of urea groups is 1. The van der Waals surface area contributed by atoms with E-state index in [0.29, 0.717) is 45.7 Å². The van der Waals surface area contributed by atoms with Crippen LogP contribution in [0.1, 0.15) is 12.0 Å². The van der Waals surface area contributed by atoms with Crippen LogP contribution in [0.25, 0.3) is 4.85 Å². The molecule has 166 valence electrons. The van der Waals surface area contributed by atoms with Crippen molar-refractivity contribution >= 4 is 46.3 Å². The third-order valence-corrected chi connectivity index (χ3v) is 6.84. The summed E-state index contributed by atoms with van der Waals surface area (Å²) in [6.07, 6.45) is 0.393. The van der Waals surface area contributed by atoms with E-state index in [1.807, 2.05) is 0 Å². The maximum Gasteiger partial charge on any atom is 0.332 e. The van der Waals surface area contributed by atoms with E-state index in [1.165, 1.54) is 4.90 Å². The Bertz CT molecular complexity index is 1250. The molecule has 1 spiro atoms. The molecule has 0 radical (unpaired) electrons. The van der Waals surface area contributed by atoms with Crippen LogP contribution in [0.5, 0.6) is 0 Å². The summed E-state index contributed by atoms with van der Waals surface area (Å²) < 4.78 is 5.79. The number of ether oxygens (including phenoxy) is 1. The summed E-state index contributed by atoms with van der Waals surface area (Å²) in [4.78, 5) is 20.6. The van der Waals surface area contributed by atoms with Gasteiger partial charge in [-0.25, -0.2) is 9.64 Å². The third kappa shape index (κ3) is 3.20. The predicted octanol–water partition coefficient (Wildman–Crippen LogP) is 6.00. The van der Waals surface area contributed by atoms with Gasteiger partial charge in [0.25, 0.3) is 0 Å². The standard InChI is InChI=1S/C25H19Cl2N3O3/c1-28-20-4-2-3-17(15-20)25(32)24(13-14-33-16-24)29(21-9-5-18(26)6-10-21)23(31)30(25)22-11-7-19(27)8-12-22/h2-12,15,32H,13-14,16H2/t24-,25?/m0/s1. The molecule has 0 saturated carbocycles. The largest absolute Gasteiger partial charge is 0.379 e. The first kappa shape index (κ1) is 21.7. The smallest absolute Gasteiger partial charge is 0.332 e. The number of amides is 2. The number of rotatable bonds is 3. The van der Waals surface area contributed by atoms with Crippen molar-refractivity contribution < 1.29 is 14.6 Å². The topological polar surface area (TPSA) is 57.4 Å². The summed E-state index contributed by atoms with van der Waals surface area (Å²) in [6.45, 7) is 7.93. The molecular formula is C25H19Cl2N3O3. The summed E-state index contributed by atoms with van der Waals surface area (Å²) in [5, 5.41) is 13.6. The van der Waals surface area contributed by atoms with Gasteiger partial charge in [0.05, 0.1) is 13.2 Å². The van der Waals surface area contributed by atoms with Gasteiger partial charge in [-0.15, -0.1) is 0 Å². The van der Waals surface area contributed by atoms with Crippen LogP contribution < -0.4 is 9.80 Å². The van der Waals surface area contributed by atoms with Crippen LogP contribution in [0.2, 0.25) is 10.0 Å². The minimum atomic E-state index is -1.82. The number of anilines is 2. The minimum Gasteiger partial charge on any atom is -0.379 e. The number of benzene rings is 3. The van der Waals surface area contributed by atoms with Gasteiger partial charge in [0.2, 0.25) is 0 Å². The van der Waals surface area contributed by atoms with E-state index in [1.54, 1.807) is 77.7 Å². The summed E-state index contributed by atoms with van der Waals surface area (Å²) in [5.41, 5.74) is -1.11. The van der Waals surface area contributed by atoms with Crippen LogP contribution in [-0.4, -0.2) is 29.9 Å². The van der Waals surface area contributed by atoms with Crippen molar-refractivity contribution in [2.24, 2.45) is 0 Å². The molecule has 0 aromatic heterocycles. The van der Waals surface area contributed by atoms with Crippen molar-refractivity contribution in [3.8, 4) is 0 Å². The molecule has 6 nitrogen and oxygen atoms in total. The number of hydrogen-bond donors (Lipinski definition) is 1. The molecule has 2 saturated heterocycles. The van der Waals surface area contributed by atoms with E-state index >= 15 is 0 Å². The maximum absolute atomic E-state index is 14.1. The Kier molecular flexibility index (Phi) is 5.31. The van der Waals surface area contributed by atoms with Crippen LogP contribution in [0.3, 0.4) is 0 Å². The van der Waals surface area contributed by atoms with Gasteiger partial charge in [-0.2, -0.15) is 0 Å². The molecule has 2 atom stereocenters. The van der Waals surface area contributed by atoms with Crippen molar-refractivity contribution in [3.63, 3.8) is 0 Å². The lowest BCUT2D eigenvalue weighted by Gasteiger charge is -2.44. The minimum absolute atomic E-state index is 0.115. The van der Waals surface area contributed by atoms with Gasteiger partial charge >= 0.3 is 6.03 Å². The summed E-state index contributed by atoms with van der Waals surface area (Å²) in [5.74, 6) is 0. The molecule has 8 heteroatoms. The molecule has 3 aromatic carbocycles. The van der Waals surface area contributed by atoms with Gasteiger partial charge in [0.15, 0.2) is 11.4 Å². The lowest BCUT2D eigenvalue weighted by Crippen LogP contribution is -2.60. The zero-order valence-corrected chi connectivity index (χ0v) is 18.9. The Morgan fingerprint density at radius 3 is 2.09 bits per heavy atom. The quantitative estimate of drug-likeness (QED) is 0.469. The highest BCUT2D eigenvalue weighted by molar-refractivity contribution is 6.31. The Morgan fingerprint density at radius 2 is 1.55 bits per heavy atom. The van der Waals surface area contributed by atoms with Gasteiger partial charge in [-0.3, -0.25) is 9.80 Å². The second-order valence-electron chi connectivity index (χ2n) is 8.07. The molecule has 2 heterocycles. The highest BCUT2D eigenvalue weighted by Gasteiger charge is 2.69. The molecule has 0 aliphatic carbocycles. The molecule has 3 aromatic rings. The van der Waals surface area contributed by atoms with Crippen LogP contribution in [0, 0.1) is 6.57 Å². The SMILES string of the molecule is [C-]#[N+]c1cccc(C2(O)N(c3ccc(Cl)cc3)C(=O)N(c3ccc(Cl)cc3)[C@]23CCOC3)c1. The predicted molar refractivity (Wildman–Crippen MR) is 128 cm³/mol. The number of aliphatic hydroxyl groups is 1. The fourth-order valence-electron chi connectivity index (χ4n) is 4.82. The average molecular weight is 480 g/mol. The first-order valence-corrected chi connectivity index (χ1v) is 11.1. The first-order chi connectivity index (χ1) is 15.9. The van der Waals surface area contributed by atoms with Crippen molar-refractivity contribution in [2.75, 3.05) is 23.0 Å². The highest BCUT2D eigenvalue weighted by atomic mass is 35.5. The summed E-state index contributed by atoms with van der Waals surface area (Å²) in [7, 11) is 0. The Morgan fingerprint density at radius 1 is 0.939 bits per heavy atom. The van der Waals surface area contributed by atoms with E-state index in [2.05, 4.69) is 4.85 Å².